The Kier molecular flexibility index (Phi) is 3.65. The van der Waals surface area contributed by atoms with Crippen molar-refractivity contribution in [1.29, 1.82) is 0 Å². The molecule has 96 valence electrons. The van der Waals surface area contributed by atoms with E-state index < -0.39 is 12.1 Å². The number of hydrogen-bond donors (Lipinski definition) is 0. The van der Waals surface area contributed by atoms with Crippen molar-refractivity contribution in [1.82, 2.24) is 0 Å². The molecule has 0 N–H and O–H groups in total. The van der Waals surface area contributed by atoms with Crippen molar-refractivity contribution >= 4 is 11.8 Å². The van der Waals surface area contributed by atoms with E-state index >= 15 is 0 Å². The molecule has 0 aromatic rings. The van der Waals surface area contributed by atoms with Crippen LogP contribution in [0.1, 0.15) is 26.7 Å². The second-order valence-corrected chi connectivity index (χ2v) is 4.34. The SMILES string of the molecule is CC/C=C/C=C/C1OC2=C(C(=O)OC(C)C2)C1=O. The zero-order chi connectivity index (χ0) is 13.1. The van der Waals surface area contributed by atoms with E-state index in [9.17, 15) is 9.59 Å². The summed E-state index contributed by atoms with van der Waals surface area (Å²) < 4.78 is 10.5. The maximum Gasteiger partial charge on any atom is 0.345 e. The Morgan fingerprint density at radius 1 is 1.28 bits per heavy atom. The zero-order valence-corrected chi connectivity index (χ0v) is 10.5. The van der Waals surface area contributed by atoms with Gasteiger partial charge >= 0.3 is 5.97 Å². The molecule has 0 bridgehead atoms. The molecular formula is C14H16O4. The Labute approximate surface area is 106 Å². The fourth-order valence-corrected chi connectivity index (χ4v) is 1.96. The zero-order valence-electron chi connectivity index (χ0n) is 10.5. The van der Waals surface area contributed by atoms with E-state index in [2.05, 4.69) is 0 Å². The second kappa shape index (κ2) is 5.21. The first-order valence-corrected chi connectivity index (χ1v) is 6.11. The number of rotatable bonds is 3. The monoisotopic (exact) mass is 248 g/mol. The molecule has 18 heavy (non-hydrogen) atoms. The quantitative estimate of drug-likeness (QED) is 0.436. The van der Waals surface area contributed by atoms with Gasteiger partial charge in [-0.3, -0.25) is 4.79 Å². The van der Waals surface area contributed by atoms with Gasteiger partial charge in [0.25, 0.3) is 0 Å². The van der Waals surface area contributed by atoms with Gasteiger partial charge in [0.15, 0.2) is 6.10 Å². The smallest absolute Gasteiger partial charge is 0.345 e. The maximum absolute atomic E-state index is 12.0. The minimum absolute atomic E-state index is 0.0854. The molecule has 0 saturated carbocycles. The van der Waals surface area contributed by atoms with E-state index in [1.807, 2.05) is 19.1 Å². The molecule has 2 aliphatic rings. The summed E-state index contributed by atoms with van der Waals surface area (Å²) in [6, 6.07) is 0. The number of hydrogen-bond acceptors (Lipinski definition) is 4. The third kappa shape index (κ3) is 2.37. The molecule has 0 aromatic heterocycles. The van der Waals surface area contributed by atoms with Gasteiger partial charge in [0.05, 0.1) is 0 Å². The van der Waals surface area contributed by atoms with Gasteiger partial charge in [-0.1, -0.05) is 25.2 Å². The number of carbonyl (C=O) groups excluding carboxylic acids is 2. The number of allylic oxidation sites excluding steroid dienone is 3. The van der Waals surface area contributed by atoms with E-state index in [0.717, 1.165) is 6.42 Å². The fraction of sp³-hybridized carbons (Fsp3) is 0.429. The standard InChI is InChI=1S/C14H16O4/c1-3-4-5-6-7-10-13(15)12-11(18-10)8-9(2)17-14(12)16/h4-7,9-10H,3,8H2,1-2H3/b5-4+,7-6+. The molecule has 2 atom stereocenters. The number of Topliss-reactive ketones (excluding diaryl/α,β-unsaturated/α-hetero) is 1. The lowest BCUT2D eigenvalue weighted by Crippen LogP contribution is -2.26. The third-order valence-corrected chi connectivity index (χ3v) is 2.81. The topological polar surface area (TPSA) is 52.6 Å². The average molecular weight is 248 g/mol. The molecule has 2 heterocycles. The summed E-state index contributed by atoms with van der Waals surface area (Å²) >= 11 is 0. The van der Waals surface area contributed by atoms with Crippen molar-refractivity contribution in [3.63, 3.8) is 0 Å². The predicted molar refractivity (Wildman–Crippen MR) is 65.6 cm³/mol. The van der Waals surface area contributed by atoms with Crippen molar-refractivity contribution < 1.29 is 19.1 Å². The molecule has 0 radical (unpaired) electrons. The van der Waals surface area contributed by atoms with Crippen LogP contribution in [0.3, 0.4) is 0 Å². The van der Waals surface area contributed by atoms with E-state index in [-0.39, 0.29) is 17.5 Å². The van der Waals surface area contributed by atoms with Crippen LogP contribution in [-0.2, 0) is 19.1 Å². The molecule has 0 fully saturated rings. The molecule has 0 spiro atoms. The van der Waals surface area contributed by atoms with Crippen molar-refractivity contribution in [3.05, 3.63) is 35.6 Å². The molecule has 0 amide bonds. The molecule has 0 aliphatic carbocycles. The van der Waals surface area contributed by atoms with Crippen LogP contribution in [0.5, 0.6) is 0 Å². The van der Waals surface area contributed by atoms with Gasteiger partial charge in [-0.25, -0.2) is 4.79 Å². The Morgan fingerprint density at radius 3 is 2.78 bits per heavy atom. The van der Waals surface area contributed by atoms with Crippen molar-refractivity contribution in [2.75, 3.05) is 0 Å². The van der Waals surface area contributed by atoms with Crippen molar-refractivity contribution in [3.8, 4) is 0 Å². The molecule has 0 aromatic carbocycles. The third-order valence-electron chi connectivity index (χ3n) is 2.81. The van der Waals surface area contributed by atoms with Gasteiger partial charge in [0, 0.05) is 6.42 Å². The summed E-state index contributed by atoms with van der Waals surface area (Å²) in [5, 5.41) is 0. The Hall–Kier alpha value is -1.84. The highest BCUT2D eigenvalue weighted by atomic mass is 16.6. The number of ketones is 1. The van der Waals surface area contributed by atoms with Crippen LogP contribution in [0, 0.1) is 0 Å². The Morgan fingerprint density at radius 2 is 2.06 bits per heavy atom. The largest absolute Gasteiger partial charge is 0.481 e. The Balaban J connectivity index is 2.10. The van der Waals surface area contributed by atoms with Gasteiger partial charge < -0.3 is 9.47 Å². The fourth-order valence-electron chi connectivity index (χ4n) is 1.96. The summed E-state index contributed by atoms with van der Waals surface area (Å²) in [6.07, 6.45) is 7.74. The highest BCUT2D eigenvalue weighted by molar-refractivity contribution is 6.21. The number of carbonyl (C=O) groups is 2. The predicted octanol–water partition coefficient (Wildman–Crippen LogP) is 2.07. The van der Waals surface area contributed by atoms with Crippen LogP contribution < -0.4 is 0 Å². The van der Waals surface area contributed by atoms with Gasteiger partial charge in [-0.15, -0.1) is 0 Å². The van der Waals surface area contributed by atoms with E-state index in [1.54, 1.807) is 19.1 Å². The number of ether oxygens (including phenoxy) is 2. The lowest BCUT2D eigenvalue weighted by Gasteiger charge is -2.18. The van der Waals surface area contributed by atoms with Crippen LogP contribution in [0.15, 0.2) is 35.6 Å². The molecule has 4 heteroatoms. The Bertz CT molecular complexity index is 456. The van der Waals surface area contributed by atoms with Crippen molar-refractivity contribution in [2.45, 2.75) is 38.9 Å². The average Bonchev–Trinajstić information content (AvgIpc) is 2.61. The van der Waals surface area contributed by atoms with Crippen LogP contribution in [0.25, 0.3) is 0 Å². The summed E-state index contributed by atoms with van der Waals surface area (Å²) in [6.45, 7) is 3.81. The summed E-state index contributed by atoms with van der Waals surface area (Å²) in [5.74, 6) is -0.394. The second-order valence-electron chi connectivity index (χ2n) is 4.34. The van der Waals surface area contributed by atoms with Crippen LogP contribution in [-0.4, -0.2) is 24.0 Å². The highest BCUT2D eigenvalue weighted by Gasteiger charge is 2.42. The first-order chi connectivity index (χ1) is 8.63. The molecule has 2 unspecified atom stereocenters. The minimum atomic E-state index is -0.686. The van der Waals surface area contributed by atoms with Crippen LogP contribution >= 0.6 is 0 Å². The summed E-state index contributed by atoms with van der Waals surface area (Å²) in [4.78, 5) is 23.6. The summed E-state index contributed by atoms with van der Waals surface area (Å²) in [5.41, 5.74) is 0.0854. The normalized spacial score (nSPS) is 27.9. The van der Waals surface area contributed by atoms with Crippen LogP contribution in [0.2, 0.25) is 0 Å². The first-order valence-electron chi connectivity index (χ1n) is 6.11. The van der Waals surface area contributed by atoms with Gasteiger partial charge in [-0.2, -0.15) is 0 Å². The van der Waals surface area contributed by atoms with Crippen molar-refractivity contribution in [2.24, 2.45) is 0 Å². The minimum Gasteiger partial charge on any atom is -0.481 e. The molecule has 4 nitrogen and oxygen atoms in total. The number of cyclic esters (lactones) is 1. The van der Waals surface area contributed by atoms with Crippen LogP contribution in [0.4, 0.5) is 0 Å². The summed E-state index contributed by atoms with van der Waals surface area (Å²) in [7, 11) is 0. The maximum atomic E-state index is 12.0. The first kappa shape index (κ1) is 12.6. The number of esters is 1. The van der Waals surface area contributed by atoms with E-state index in [1.165, 1.54) is 0 Å². The van der Waals surface area contributed by atoms with E-state index in [4.69, 9.17) is 9.47 Å². The van der Waals surface area contributed by atoms with Gasteiger partial charge in [0.1, 0.15) is 17.4 Å². The van der Waals surface area contributed by atoms with Gasteiger partial charge in [-0.05, 0) is 19.4 Å². The molecule has 2 rings (SSSR count). The molecule has 2 aliphatic heterocycles. The van der Waals surface area contributed by atoms with Gasteiger partial charge in [0.2, 0.25) is 5.78 Å². The lowest BCUT2D eigenvalue weighted by atomic mass is 10.0. The lowest BCUT2D eigenvalue weighted by molar-refractivity contribution is -0.145. The molecule has 0 saturated heterocycles. The van der Waals surface area contributed by atoms with E-state index in [0.29, 0.717) is 12.2 Å². The highest BCUT2D eigenvalue weighted by Crippen LogP contribution is 2.31. The molecular weight excluding hydrogens is 232 g/mol.